The van der Waals surface area contributed by atoms with E-state index < -0.39 is 17.8 Å². The van der Waals surface area contributed by atoms with Crippen LogP contribution in [-0.4, -0.2) is 20.7 Å². The van der Waals surface area contributed by atoms with Crippen LogP contribution in [0.4, 0.5) is 18.9 Å². The minimum Gasteiger partial charge on any atom is -0.321 e. The average molecular weight is 404 g/mol. The van der Waals surface area contributed by atoms with Gasteiger partial charge in [-0.1, -0.05) is 26.3 Å². The SMILES string of the molecule is CCC.O=C(Nc1ccc2nn(C3CCC3)cc2c1)c1cccc(C(F)(F)F)n1. The first-order valence-corrected chi connectivity index (χ1v) is 9.66. The fourth-order valence-electron chi connectivity index (χ4n) is 2.87. The molecule has 29 heavy (non-hydrogen) atoms. The maximum absolute atomic E-state index is 12.7. The van der Waals surface area contributed by atoms with Gasteiger partial charge in [0.25, 0.3) is 5.91 Å². The summed E-state index contributed by atoms with van der Waals surface area (Å²) in [4.78, 5) is 15.6. The summed E-state index contributed by atoms with van der Waals surface area (Å²) in [6.45, 7) is 4.25. The van der Waals surface area contributed by atoms with Crippen molar-refractivity contribution in [3.05, 3.63) is 54.0 Å². The number of aromatic nitrogens is 3. The first-order valence-electron chi connectivity index (χ1n) is 9.66. The summed E-state index contributed by atoms with van der Waals surface area (Å²) in [7, 11) is 0. The minimum absolute atomic E-state index is 0.287. The molecule has 1 fully saturated rings. The van der Waals surface area contributed by atoms with E-state index in [2.05, 4.69) is 29.2 Å². The monoisotopic (exact) mass is 404 g/mol. The Kier molecular flexibility index (Phi) is 6.20. The number of carbonyl (C=O) groups excluding carboxylic acids is 1. The molecule has 3 aromatic rings. The Morgan fingerprint density at radius 2 is 1.93 bits per heavy atom. The van der Waals surface area contributed by atoms with E-state index in [1.807, 2.05) is 10.9 Å². The smallest absolute Gasteiger partial charge is 0.321 e. The number of halogens is 3. The fraction of sp³-hybridized carbons (Fsp3) is 0.381. The number of pyridine rings is 1. The van der Waals surface area contributed by atoms with E-state index in [9.17, 15) is 18.0 Å². The molecule has 154 valence electrons. The van der Waals surface area contributed by atoms with Crippen molar-refractivity contribution < 1.29 is 18.0 Å². The predicted molar refractivity (Wildman–Crippen MR) is 106 cm³/mol. The Labute approximate surface area is 166 Å². The molecule has 8 heteroatoms. The summed E-state index contributed by atoms with van der Waals surface area (Å²) in [5, 5.41) is 7.98. The molecule has 2 heterocycles. The number of amides is 1. The molecule has 1 aromatic carbocycles. The largest absolute Gasteiger partial charge is 0.433 e. The summed E-state index contributed by atoms with van der Waals surface area (Å²) in [5.74, 6) is -0.693. The number of carbonyl (C=O) groups is 1. The standard InChI is InChI=1S/C18H15F3N4O.C3H8/c19-18(20,21)16-6-2-5-15(23-16)17(26)22-12-7-8-14-11(9-12)10-25(24-14)13-3-1-4-13;1-3-2/h2,5-10,13H,1,3-4H2,(H,22,26);3H2,1-2H3. The van der Waals surface area contributed by atoms with Crippen LogP contribution >= 0.6 is 0 Å². The van der Waals surface area contributed by atoms with Gasteiger partial charge < -0.3 is 5.32 Å². The van der Waals surface area contributed by atoms with Crippen molar-refractivity contribution in [1.29, 1.82) is 0 Å². The number of benzene rings is 1. The van der Waals surface area contributed by atoms with Crippen LogP contribution in [0.25, 0.3) is 10.9 Å². The average Bonchev–Trinajstić information content (AvgIpc) is 3.02. The van der Waals surface area contributed by atoms with E-state index in [1.54, 1.807) is 18.2 Å². The van der Waals surface area contributed by atoms with Gasteiger partial charge >= 0.3 is 6.18 Å². The van der Waals surface area contributed by atoms with Gasteiger partial charge in [0.1, 0.15) is 11.4 Å². The quantitative estimate of drug-likeness (QED) is 0.596. The van der Waals surface area contributed by atoms with Crippen LogP contribution in [0.1, 0.15) is 61.8 Å². The van der Waals surface area contributed by atoms with Gasteiger partial charge in [-0.15, -0.1) is 0 Å². The fourth-order valence-corrected chi connectivity index (χ4v) is 2.87. The summed E-state index contributed by atoms with van der Waals surface area (Å²) < 4.78 is 40.1. The van der Waals surface area contributed by atoms with Crippen LogP contribution in [0.5, 0.6) is 0 Å². The number of fused-ring (bicyclic) bond motifs is 1. The summed E-state index contributed by atoms with van der Waals surface area (Å²) >= 11 is 0. The van der Waals surface area contributed by atoms with Gasteiger partial charge in [-0.05, 0) is 49.6 Å². The number of nitrogens with one attached hydrogen (secondary N) is 1. The van der Waals surface area contributed by atoms with Gasteiger partial charge in [0.05, 0.1) is 11.6 Å². The van der Waals surface area contributed by atoms with Gasteiger partial charge in [-0.3, -0.25) is 9.48 Å². The second-order valence-electron chi connectivity index (χ2n) is 7.03. The van der Waals surface area contributed by atoms with Crippen molar-refractivity contribution in [2.24, 2.45) is 0 Å². The molecule has 1 saturated carbocycles. The van der Waals surface area contributed by atoms with E-state index in [0.717, 1.165) is 35.9 Å². The molecule has 0 bridgehead atoms. The van der Waals surface area contributed by atoms with Crippen LogP contribution in [0.2, 0.25) is 0 Å². The van der Waals surface area contributed by atoms with Crippen LogP contribution in [0.3, 0.4) is 0 Å². The van der Waals surface area contributed by atoms with Crippen LogP contribution in [0.15, 0.2) is 42.6 Å². The van der Waals surface area contributed by atoms with Gasteiger partial charge in [-0.2, -0.15) is 18.3 Å². The molecule has 5 nitrogen and oxygen atoms in total. The van der Waals surface area contributed by atoms with Crippen molar-refractivity contribution in [3.8, 4) is 0 Å². The number of rotatable bonds is 3. The molecular formula is C21H23F3N4O. The Hall–Kier alpha value is -2.90. The molecule has 4 rings (SSSR count). The van der Waals surface area contributed by atoms with Crippen molar-refractivity contribution in [3.63, 3.8) is 0 Å². The van der Waals surface area contributed by atoms with E-state index in [-0.39, 0.29) is 5.69 Å². The number of hydrogen-bond donors (Lipinski definition) is 1. The van der Waals surface area contributed by atoms with Gasteiger partial charge in [0, 0.05) is 17.3 Å². The van der Waals surface area contributed by atoms with E-state index >= 15 is 0 Å². The second-order valence-corrected chi connectivity index (χ2v) is 7.03. The Morgan fingerprint density at radius 3 is 2.55 bits per heavy atom. The van der Waals surface area contributed by atoms with Crippen molar-refractivity contribution in [1.82, 2.24) is 14.8 Å². The van der Waals surface area contributed by atoms with Gasteiger partial charge in [0.15, 0.2) is 0 Å². The zero-order chi connectivity index (χ0) is 21.0. The lowest BCUT2D eigenvalue weighted by atomic mass is 9.93. The molecule has 0 spiro atoms. The molecule has 1 aliphatic rings. The van der Waals surface area contributed by atoms with Gasteiger partial charge in [0.2, 0.25) is 0 Å². The Bertz CT molecular complexity index is 993. The second kappa shape index (κ2) is 8.63. The minimum atomic E-state index is -4.59. The topological polar surface area (TPSA) is 59.8 Å². The molecule has 1 aliphatic carbocycles. The number of anilines is 1. The summed E-state index contributed by atoms with van der Waals surface area (Å²) in [6, 6.07) is 8.87. The lowest BCUT2D eigenvalue weighted by Gasteiger charge is -2.25. The normalized spacial score (nSPS) is 14.1. The zero-order valence-electron chi connectivity index (χ0n) is 16.3. The first-order chi connectivity index (χ1) is 13.8. The third-order valence-electron chi connectivity index (χ3n) is 4.50. The number of nitrogens with zero attached hydrogens (tertiary/aromatic N) is 3. The van der Waals surface area contributed by atoms with Crippen molar-refractivity contribution >= 4 is 22.5 Å². The maximum atomic E-state index is 12.7. The molecule has 0 aliphatic heterocycles. The molecule has 0 radical (unpaired) electrons. The maximum Gasteiger partial charge on any atom is 0.433 e. The number of alkyl halides is 3. The zero-order valence-corrected chi connectivity index (χ0v) is 16.3. The first kappa shape index (κ1) is 20.8. The highest BCUT2D eigenvalue weighted by Gasteiger charge is 2.33. The highest BCUT2D eigenvalue weighted by molar-refractivity contribution is 6.03. The molecule has 0 saturated heterocycles. The molecule has 1 N–H and O–H groups in total. The molecule has 0 unspecified atom stereocenters. The van der Waals surface area contributed by atoms with E-state index in [0.29, 0.717) is 11.7 Å². The van der Waals surface area contributed by atoms with Crippen LogP contribution < -0.4 is 5.32 Å². The van der Waals surface area contributed by atoms with Gasteiger partial charge in [-0.25, -0.2) is 4.98 Å². The van der Waals surface area contributed by atoms with E-state index in [1.165, 1.54) is 18.9 Å². The van der Waals surface area contributed by atoms with Crippen LogP contribution in [0, 0.1) is 0 Å². The van der Waals surface area contributed by atoms with Crippen LogP contribution in [-0.2, 0) is 6.18 Å². The molecule has 2 aromatic heterocycles. The Balaban J connectivity index is 0.000000755. The highest BCUT2D eigenvalue weighted by Crippen LogP contribution is 2.32. The number of hydrogen-bond acceptors (Lipinski definition) is 3. The third kappa shape index (κ3) is 4.93. The third-order valence-corrected chi connectivity index (χ3v) is 4.50. The molecule has 0 atom stereocenters. The lowest BCUT2D eigenvalue weighted by molar-refractivity contribution is -0.141. The Morgan fingerprint density at radius 1 is 1.21 bits per heavy atom. The van der Waals surface area contributed by atoms with E-state index in [4.69, 9.17) is 0 Å². The highest BCUT2D eigenvalue weighted by atomic mass is 19.4. The van der Waals surface area contributed by atoms with Crippen molar-refractivity contribution in [2.45, 2.75) is 51.7 Å². The molecule has 1 amide bonds. The van der Waals surface area contributed by atoms with Crippen molar-refractivity contribution in [2.75, 3.05) is 5.32 Å². The lowest BCUT2D eigenvalue weighted by Crippen LogP contribution is -2.17. The summed E-state index contributed by atoms with van der Waals surface area (Å²) in [5.41, 5.74) is -0.0885. The molecular weight excluding hydrogens is 381 g/mol. The summed E-state index contributed by atoms with van der Waals surface area (Å²) in [6.07, 6.45) is 2.01. The predicted octanol–water partition coefficient (Wildman–Crippen LogP) is 5.84.